The van der Waals surface area contributed by atoms with Crippen molar-refractivity contribution in [3.8, 4) is 11.5 Å². The lowest BCUT2D eigenvalue weighted by Crippen LogP contribution is -2.31. The van der Waals surface area contributed by atoms with Crippen LogP contribution < -0.4 is 9.47 Å². The van der Waals surface area contributed by atoms with E-state index in [4.69, 9.17) is 55.9 Å². The predicted molar refractivity (Wildman–Crippen MR) is 102 cm³/mol. The van der Waals surface area contributed by atoms with Gasteiger partial charge in [0.05, 0.1) is 15.1 Å². The van der Waals surface area contributed by atoms with Crippen molar-refractivity contribution in [3.63, 3.8) is 0 Å². The highest BCUT2D eigenvalue weighted by Crippen LogP contribution is 2.37. The zero-order chi connectivity index (χ0) is 18.8. The predicted octanol–water partition coefficient (Wildman–Crippen LogP) is 5.13. The van der Waals surface area contributed by atoms with E-state index in [1.807, 2.05) is 25.1 Å². The summed E-state index contributed by atoms with van der Waals surface area (Å²) in [6.45, 7) is 3.64. The number of ether oxygens (including phenoxy) is 2. The Bertz CT molecular complexity index is 860. The molecule has 2 aromatic rings. The van der Waals surface area contributed by atoms with Crippen molar-refractivity contribution >= 4 is 52.3 Å². The minimum absolute atomic E-state index is 0.00654. The van der Waals surface area contributed by atoms with Crippen LogP contribution in [0.25, 0.3) is 0 Å². The third-order valence-electron chi connectivity index (χ3n) is 3.84. The lowest BCUT2D eigenvalue weighted by Gasteiger charge is -2.23. The summed E-state index contributed by atoms with van der Waals surface area (Å²) in [5, 5.41) is -0.0664. The zero-order valence-electron chi connectivity index (χ0n) is 13.7. The van der Waals surface area contributed by atoms with Crippen LogP contribution in [0.5, 0.6) is 11.5 Å². The van der Waals surface area contributed by atoms with Gasteiger partial charge in [0.15, 0.2) is 11.5 Å². The van der Waals surface area contributed by atoms with Crippen molar-refractivity contribution in [2.45, 2.75) is 13.5 Å². The Morgan fingerprint density at radius 3 is 2.46 bits per heavy atom. The van der Waals surface area contributed by atoms with E-state index >= 15 is 0 Å². The van der Waals surface area contributed by atoms with Gasteiger partial charge in [-0.2, -0.15) is 0 Å². The number of nitrogens with zero attached hydrogens (tertiary/aromatic N) is 2. The molecular weight excluding hydrogens is 422 g/mol. The maximum atomic E-state index is 12.9. The van der Waals surface area contributed by atoms with Crippen molar-refractivity contribution in [2.75, 3.05) is 19.8 Å². The first kappa shape index (κ1) is 19.4. The van der Waals surface area contributed by atoms with Gasteiger partial charge in [0.1, 0.15) is 24.1 Å². The van der Waals surface area contributed by atoms with Crippen molar-refractivity contribution in [1.82, 2.24) is 9.88 Å². The topological polar surface area (TPSA) is 51.7 Å². The number of benzene rings is 1. The van der Waals surface area contributed by atoms with Crippen LogP contribution >= 0.6 is 46.4 Å². The Labute approximate surface area is 170 Å². The van der Waals surface area contributed by atoms with Crippen LogP contribution in [0.2, 0.25) is 20.2 Å². The van der Waals surface area contributed by atoms with E-state index in [1.54, 1.807) is 4.90 Å². The van der Waals surface area contributed by atoms with E-state index in [0.717, 1.165) is 5.56 Å². The summed E-state index contributed by atoms with van der Waals surface area (Å²) in [7, 11) is 0. The third kappa shape index (κ3) is 3.81. The quantitative estimate of drug-likeness (QED) is 0.624. The Morgan fingerprint density at radius 2 is 1.77 bits per heavy atom. The van der Waals surface area contributed by atoms with Crippen LogP contribution in [0.1, 0.15) is 23.0 Å². The molecule has 5 nitrogen and oxygen atoms in total. The number of rotatable bonds is 4. The summed E-state index contributed by atoms with van der Waals surface area (Å²) in [5.41, 5.74) is 0.845. The highest BCUT2D eigenvalue weighted by atomic mass is 35.5. The van der Waals surface area contributed by atoms with Crippen LogP contribution in [0.4, 0.5) is 0 Å². The Hall–Kier alpha value is -1.40. The van der Waals surface area contributed by atoms with E-state index in [1.165, 1.54) is 0 Å². The maximum absolute atomic E-state index is 12.9. The van der Waals surface area contributed by atoms with Gasteiger partial charge in [-0.05, 0) is 24.6 Å². The normalized spacial score (nSPS) is 12.8. The first-order valence-corrected chi connectivity index (χ1v) is 9.31. The highest BCUT2D eigenvalue weighted by Gasteiger charge is 2.24. The molecule has 0 saturated heterocycles. The molecule has 0 spiro atoms. The van der Waals surface area contributed by atoms with Gasteiger partial charge < -0.3 is 14.4 Å². The molecule has 2 heterocycles. The van der Waals surface area contributed by atoms with Crippen LogP contribution in [0, 0.1) is 0 Å². The first-order chi connectivity index (χ1) is 12.4. The van der Waals surface area contributed by atoms with E-state index < -0.39 is 5.91 Å². The average molecular weight is 436 g/mol. The van der Waals surface area contributed by atoms with Crippen LogP contribution in [-0.4, -0.2) is 35.5 Å². The maximum Gasteiger partial charge on any atom is 0.274 e. The largest absolute Gasteiger partial charge is 0.486 e. The first-order valence-electron chi connectivity index (χ1n) is 7.80. The minimum atomic E-state index is -0.396. The van der Waals surface area contributed by atoms with Crippen molar-refractivity contribution in [2.24, 2.45) is 0 Å². The molecule has 1 aliphatic rings. The number of hydrogen-bond acceptors (Lipinski definition) is 4. The van der Waals surface area contributed by atoms with Crippen LogP contribution in [0.3, 0.4) is 0 Å². The summed E-state index contributed by atoms with van der Waals surface area (Å²) < 4.78 is 11.1. The molecule has 0 bridgehead atoms. The second-order valence-corrected chi connectivity index (χ2v) is 6.98. The fraction of sp³-hybridized carbons (Fsp3) is 0.294. The van der Waals surface area contributed by atoms with Gasteiger partial charge in [0.25, 0.3) is 5.91 Å². The molecule has 9 heteroatoms. The molecule has 1 aromatic heterocycles. The molecule has 3 rings (SSSR count). The molecule has 0 saturated carbocycles. The summed E-state index contributed by atoms with van der Waals surface area (Å²) in [6.07, 6.45) is 0. The van der Waals surface area contributed by atoms with Crippen LogP contribution in [-0.2, 0) is 6.54 Å². The number of carbonyl (C=O) groups excluding carboxylic acids is 1. The van der Waals surface area contributed by atoms with E-state index in [0.29, 0.717) is 37.8 Å². The van der Waals surface area contributed by atoms with Crippen molar-refractivity contribution < 1.29 is 14.3 Å². The minimum Gasteiger partial charge on any atom is -0.486 e. The Kier molecular flexibility index (Phi) is 6.03. The van der Waals surface area contributed by atoms with Gasteiger partial charge in [0.2, 0.25) is 0 Å². The monoisotopic (exact) mass is 434 g/mol. The fourth-order valence-electron chi connectivity index (χ4n) is 2.51. The molecule has 1 aromatic carbocycles. The number of pyridine rings is 1. The lowest BCUT2D eigenvalue weighted by atomic mass is 10.1. The zero-order valence-corrected chi connectivity index (χ0v) is 16.7. The molecule has 26 heavy (non-hydrogen) atoms. The smallest absolute Gasteiger partial charge is 0.274 e. The molecule has 1 aliphatic heterocycles. The average Bonchev–Trinajstić information content (AvgIpc) is 2.66. The fourth-order valence-corrected chi connectivity index (χ4v) is 3.32. The van der Waals surface area contributed by atoms with Crippen molar-refractivity contribution in [3.05, 3.63) is 49.7 Å². The summed E-state index contributed by atoms with van der Waals surface area (Å²) in [5.74, 6) is 0.953. The molecular formula is C17H14Cl4N2O3. The SMILES string of the molecule is CCN(Cc1ccc2c(c1)OCCO2)C(=O)c1nc(Cl)c(Cl)c(Cl)c1Cl. The number of halogens is 4. The van der Waals surface area contributed by atoms with Gasteiger partial charge in [-0.1, -0.05) is 52.5 Å². The van der Waals surface area contributed by atoms with Crippen molar-refractivity contribution in [1.29, 1.82) is 0 Å². The third-order valence-corrected chi connectivity index (χ3v) is 5.51. The van der Waals surface area contributed by atoms with Gasteiger partial charge in [0, 0.05) is 13.1 Å². The molecule has 138 valence electrons. The Balaban J connectivity index is 1.86. The van der Waals surface area contributed by atoms with E-state index in [-0.39, 0.29) is 25.9 Å². The molecule has 0 unspecified atom stereocenters. The second-order valence-electron chi connectivity index (χ2n) is 5.49. The molecule has 0 radical (unpaired) electrons. The second kappa shape index (κ2) is 8.09. The number of amides is 1. The molecule has 0 N–H and O–H groups in total. The summed E-state index contributed by atoms with van der Waals surface area (Å²) in [6, 6.07) is 5.55. The highest BCUT2D eigenvalue weighted by molar-refractivity contribution is 6.52. The number of carbonyl (C=O) groups is 1. The number of fused-ring (bicyclic) bond motifs is 1. The molecule has 0 atom stereocenters. The number of aromatic nitrogens is 1. The number of hydrogen-bond donors (Lipinski definition) is 0. The molecule has 1 amide bonds. The molecule has 0 aliphatic carbocycles. The summed E-state index contributed by atoms with van der Waals surface area (Å²) >= 11 is 24.0. The van der Waals surface area contributed by atoms with Gasteiger partial charge >= 0.3 is 0 Å². The Morgan fingerprint density at radius 1 is 1.08 bits per heavy atom. The van der Waals surface area contributed by atoms with E-state index in [2.05, 4.69) is 4.98 Å². The molecule has 0 fully saturated rings. The standard InChI is InChI=1S/C17H14Cl4N2O3/c1-2-23(8-9-3-4-10-11(7-9)26-6-5-25-10)17(24)15-13(19)12(18)14(20)16(21)22-15/h3-4,7H,2,5-6,8H2,1H3. The van der Waals surface area contributed by atoms with Gasteiger partial charge in [-0.25, -0.2) is 4.98 Å². The van der Waals surface area contributed by atoms with E-state index in [9.17, 15) is 4.79 Å². The van der Waals surface area contributed by atoms with Crippen LogP contribution in [0.15, 0.2) is 18.2 Å². The van der Waals surface area contributed by atoms with Gasteiger partial charge in [-0.3, -0.25) is 4.79 Å². The summed E-state index contributed by atoms with van der Waals surface area (Å²) in [4.78, 5) is 18.4. The lowest BCUT2D eigenvalue weighted by molar-refractivity contribution is 0.0746. The van der Waals surface area contributed by atoms with Gasteiger partial charge in [-0.15, -0.1) is 0 Å².